The quantitative estimate of drug-likeness (QED) is 0.624. The van der Waals surface area contributed by atoms with Crippen LogP contribution in [0.2, 0.25) is 10.0 Å². The van der Waals surface area contributed by atoms with E-state index in [0.717, 1.165) is 25.8 Å². The summed E-state index contributed by atoms with van der Waals surface area (Å²) in [6.07, 6.45) is 4.42. The van der Waals surface area contributed by atoms with Crippen molar-refractivity contribution < 1.29 is 0 Å². The van der Waals surface area contributed by atoms with Gasteiger partial charge in [-0.15, -0.1) is 0 Å². The zero-order valence-corrected chi connectivity index (χ0v) is 14.5. The van der Waals surface area contributed by atoms with E-state index in [9.17, 15) is 0 Å². The Morgan fingerprint density at radius 1 is 0.909 bits per heavy atom. The SMILES string of the molecule is CC(CCc1ccc(Cl)c(Cl)c1)NCCCc1ccccc1. The van der Waals surface area contributed by atoms with Gasteiger partial charge in [0.2, 0.25) is 0 Å². The molecule has 1 N–H and O–H groups in total. The monoisotopic (exact) mass is 335 g/mol. The molecule has 0 saturated heterocycles. The van der Waals surface area contributed by atoms with Crippen LogP contribution in [-0.2, 0) is 12.8 Å². The first-order valence-electron chi connectivity index (χ1n) is 7.86. The molecule has 2 aromatic rings. The van der Waals surface area contributed by atoms with Crippen molar-refractivity contribution in [2.75, 3.05) is 6.54 Å². The zero-order chi connectivity index (χ0) is 15.8. The second-order valence-electron chi connectivity index (χ2n) is 5.73. The Hall–Kier alpha value is -1.02. The van der Waals surface area contributed by atoms with E-state index in [1.165, 1.54) is 17.5 Å². The fourth-order valence-corrected chi connectivity index (χ4v) is 2.79. The molecule has 118 valence electrons. The minimum Gasteiger partial charge on any atom is -0.314 e. The number of nitrogens with one attached hydrogen (secondary N) is 1. The van der Waals surface area contributed by atoms with Crippen molar-refractivity contribution in [3.8, 4) is 0 Å². The lowest BCUT2D eigenvalue weighted by Gasteiger charge is -2.14. The highest BCUT2D eigenvalue weighted by Gasteiger charge is 2.04. The lowest BCUT2D eigenvalue weighted by atomic mass is 10.1. The minimum atomic E-state index is 0.505. The molecule has 0 spiro atoms. The van der Waals surface area contributed by atoms with Crippen molar-refractivity contribution in [2.24, 2.45) is 0 Å². The Balaban J connectivity index is 1.63. The fourth-order valence-electron chi connectivity index (χ4n) is 2.47. The van der Waals surface area contributed by atoms with E-state index < -0.39 is 0 Å². The Bertz CT molecular complexity index is 569. The third-order valence-corrected chi connectivity index (χ3v) is 4.57. The van der Waals surface area contributed by atoms with Crippen LogP contribution in [0.1, 0.15) is 30.9 Å². The third-order valence-electron chi connectivity index (χ3n) is 3.83. The molecule has 1 nitrogen and oxygen atoms in total. The Morgan fingerprint density at radius 2 is 1.68 bits per heavy atom. The minimum absolute atomic E-state index is 0.505. The zero-order valence-electron chi connectivity index (χ0n) is 13.0. The normalized spacial score (nSPS) is 12.3. The number of hydrogen-bond donors (Lipinski definition) is 1. The topological polar surface area (TPSA) is 12.0 Å². The third kappa shape index (κ3) is 6.00. The lowest BCUT2D eigenvalue weighted by Crippen LogP contribution is -2.27. The molecule has 0 bridgehead atoms. The molecule has 1 unspecified atom stereocenters. The Morgan fingerprint density at radius 3 is 2.41 bits per heavy atom. The smallest absolute Gasteiger partial charge is 0.0595 e. The first-order valence-corrected chi connectivity index (χ1v) is 8.62. The van der Waals surface area contributed by atoms with E-state index in [-0.39, 0.29) is 0 Å². The molecule has 22 heavy (non-hydrogen) atoms. The van der Waals surface area contributed by atoms with Gasteiger partial charge in [0.25, 0.3) is 0 Å². The van der Waals surface area contributed by atoms with Crippen LogP contribution < -0.4 is 5.32 Å². The number of benzene rings is 2. The summed E-state index contributed by atoms with van der Waals surface area (Å²) in [5, 5.41) is 4.85. The maximum Gasteiger partial charge on any atom is 0.0595 e. The second kappa shape index (κ2) is 9.19. The molecule has 1 atom stereocenters. The molecule has 0 heterocycles. The van der Waals surface area contributed by atoms with E-state index in [2.05, 4.69) is 48.6 Å². The molecular formula is C19H23Cl2N. The average molecular weight is 336 g/mol. The van der Waals surface area contributed by atoms with Gasteiger partial charge in [-0.2, -0.15) is 0 Å². The maximum atomic E-state index is 6.04. The molecule has 2 aromatic carbocycles. The van der Waals surface area contributed by atoms with Gasteiger partial charge in [0.05, 0.1) is 10.0 Å². The van der Waals surface area contributed by atoms with Gasteiger partial charge in [-0.05, 0) is 62.4 Å². The number of aryl methyl sites for hydroxylation is 2. The van der Waals surface area contributed by atoms with E-state index >= 15 is 0 Å². The largest absolute Gasteiger partial charge is 0.314 e. The molecule has 0 saturated carbocycles. The molecule has 3 heteroatoms. The van der Waals surface area contributed by atoms with E-state index in [4.69, 9.17) is 23.2 Å². The van der Waals surface area contributed by atoms with Gasteiger partial charge in [0.15, 0.2) is 0 Å². The van der Waals surface area contributed by atoms with Crippen LogP contribution in [0.25, 0.3) is 0 Å². The van der Waals surface area contributed by atoms with Crippen molar-refractivity contribution in [1.82, 2.24) is 5.32 Å². The van der Waals surface area contributed by atoms with Crippen LogP contribution in [0.3, 0.4) is 0 Å². The van der Waals surface area contributed by atoms with Crippen LogP contribution in [0, 0.1) is 0 Å². The average Bonchev–Trinajstić information content (AvgIpc) is 2.54. The lowest BCUT2D eigenvalue weighted by molar-refractivity contribution is 0.506. The van der Waals surface area contributed by atoms with Crippen molar-refractivity contribution in [3.63, 3.8) is 0 Å². The molecular weight excluding hydrogens is 313 g/mol. The van der Waals surface area contributed by atoms with E-state index in [1.807, 2.05) is 12.1 Å². The van der Waals surface area contributed by atoms with Gasteiger partial charge in [0, 0.05) is 6.04 Å². The van der Waals surface area contributed by atoms with Gasteiger partial charge in [-0.3, -0.25) is 0 Å². The summed E-state index contributed by atoms with van der Waals surface area (Å²) in [6.45, 7) is 3.29. The summed E-state index contributed by atoms with van der Waals surface area (Å²) in [5.41, 5.74) is 2.65. The predicted molar refractivity (Wildman–Crippen MR) is 97.0 cm³/mol. The molecule has 0 radical (unpaired) electrons. The maximum absolute atomic E-state index is 6.04. The van der Waals surface area contributed by atoms with Crippen LogP contribution >= 0.6 is 23.2 Å². The Labute approximate surface area is 143 Å². The van der Waals surface area contributed by atoms with Gasteiger partial charge in [0.1, 0.15) is 0 Å². The molecule has 0 aliphatic rings. The highest BCUT2D eigenvalue weighted by Crippen LogP contribution is 2.23. The van der Waals surface area contributed by atoms with Crippen LogP contribution in [0.4, 0.5) is 0 Å². The van der Waals surface area contributed by atoms with Crippen molar-refractivity contribution >= 4 is 23.2 Å². The Kier molecular flexibility index (Phi) is 7.24. The summed E-state index contributed by atoms with van der Waals surface area (Å²) in [4.78, 5) is 0. The molecule has 0 aromatic heterocycles. The number of halogens is 2. The predicted octanol–water partition coefficient (Wildman–Crippen LogP) is 5.54. The van der Waals surface area contributed by atoms with E-state index in [0.29, 0.717) is 16.1 Å². The van der Waals surface area contributed by atoms with Gasteiger partial charge < -0.3 is 5.32 Å². The first kappa shape index (κ1) is 17.3. The van der Waals surface area contributed by atoms with Crippen LogP contribution in [0.5, 0.6) is 0 Å². The second-order valence-corrected chi connectivity index (χ2v) is 6.55. The van der Waals surface area contributed by atoms with Gasteiger partial charge in [-0.1, -0.05) is 59.6 Å². The summed E-state index contributed by atoms with van der Waals surface area (Å²) in [5.74, 6) is 0. The standard InChI is InChI=1S/C19H23Cl2N/c1-15(9-10-17-11-12-18(20)19(21)14-17)22-13-5-8-16-6-3-2-4-7-16/h2-4,6-7,11-12,14-15,22H,5,8-10,13H2,1H3. The first-order chi connectivity index (χ1) is 10.6. The molecule has 0 aliphatic carbocycles. The number of rotatable bonds is 8. The van der Waals surface area contributed by atoms with Crippen molar-refractivity contribution in [1.29, 1.82) is 0 Å². The van der Waals surface area contributed by atoms with E-state index in [1.54, 1.807) is 0 Å². The summed E-state index contributed by atoms with van der Waals surface area (Å²) in [6, 6.07) is 17.0. The fraction of sp³-hybridized carbons (Fsp3) is 0.368. The summed E-state index contributed by atoms with van der Waals surface area (Å²) >= 11 is 12.0. The molecule has 0 fully saturated rings. The number of hydrogen-bond acceptors (Lipinski definition) is 1. The van der Waals surface area contributed by atoms with Crippen molar-refractivity contribution in [3.05, 3.63) is 69.7 Å². The highest BCUT2D eigenvalue weighted by atomic mass is 35.5. The highest BCUT2D eigenvalue weighted by molar-refractivity contribution is 6.42. The van der Waals surface area contributed by atoms with Gasteiger partial charge in [-0.25, -0.2) is 0 Å². The van der Waals surface area contributed by atoms with Gasteiger partial charge >= 0.3 is 0 Å². The molecule has 2 rings (SSSR count). The molecule has 0 aliphatic heterocycles. The summed E-state index contributed by atoms with van der Waals surface area (Å²) < 4.78 is 0. The van der Waals surface area contributed by atoms with Crippen LogP contribution in [-0.4, -0.2) is 12.6 Å². The van der Waals surface area contributed by atoms with Crippen molar-refractivity contribution in [2.45, 2.75) is 38.6 Å². The molecule has 0 amide bonds. The van der Waals surface area contributed by atoms with Crippen LogP contribution in [0.15, 0.2) is 48.5 Å². The summed E-state index contributed by atoms with van der Waals surface area (Å²) in [7, 11) is 0.